The van der Waals surface area contributed by atoms with E-state index in [1.165, 1.54) is 57.8 Å². The quantitative estimate of drug-likeness (QED) is 0.440. The van der Waals surface area contributed by atoms with E-state index in [1.54, 1.807) is 0 Å². The Bertz CT molecular complexity index is 304. The highest BCUT2D eigenvalue weighted by molar-refractivity contribution is 5.10. The van der Waals surface area contributed by atoms with Gasteiger partial charge in [-0.2, -0.15) is 0 Å². The summed E-state index contributed by atoms with van der Waals surface area (Å²) >= 11 is 0. The third-order valence-corrected chi connectivity index (χ3v) is 3.46. The minimum absolute atomic E-state index is 0.661. The molecule has 1 heterocycles. The van der Waals surface area contributed by atoms with E-state index in [0.29, 0.717) is 5.95 Å². The summed E-state index contributed by atoms with van der Waals surface area (Å²) in [4.78, 5) is 0. The molecule has 0 atom stereocenters. The second-order valence-corrected chi connectivity index (χ2v) is 5.40. The van der Waals surface area contributed by atoms with Crippen molar-refractivity contribution >= 4 is 0 Å². The molecule has 0 saturated heterocycles. The zero-order chi connectivity index (χ0) is 13.8. The number of hydrogen-bond donors (Lipinski definition) is 0. The lowest BCUT2D eigenvalue weighted by atomic mass is 10.1. The molecule has 0 aromatic carbocycles. The summed E-state index contributed by atoms with van der Waals surface area (Å²) in [6.45, 7) is 4.99. The predicted octanol–water partition coefficient (Wildman–Crippen LogP) is 5.89. The molecule has 0 fully saturated rings. The average molecular weight is 266 g/mol. The van der Waals surface area contributed by atoms with E-state index in [-0.39, 0.29) is 0 Å². The van der Waals surface area contributed by atoms with Crippen molar-refractivity contribution in [1.82, 2.24) is 0 Å². The molecule has 0 radical (unpaired) electrons. The van der Waals surface area contributed by atoms with Gasteiger partial charge in [-0.25, -0.2) is 0 Å². The molecule has 0 aliphatic rings. The van der Waals surface area contributed by atoms with Crippen molar-refractivity contribution in [2.24, 2.45) is 0 Å². The van der Waals surface area contributed by atoms with Gasteiger partial charge < -0.3 is 9.15 Å². The fourth-order valence-corrected chi connectivity index (χ4v) is 2.25. The molecule has 1 rings (SSSR count). The maximum atomic E-state index is 5.53. The molecule has 110 valence electrons. The molecular weight excluding hydrogens is 236 g/mol. The summed E-state index contributed by atoms with van der Waals surface area (Å²) in [5.41, 5.74) is 0. The standard InChI is InChI=1S/C17H30O2/c1-3-4-5-6-7-8-9-10-11-12-15-18-17-14-13-16(2)19-17/h13-14H,3-12,15H2,1-2H3. The van der Waals surface area contributed by atoms with E-state index in [0.717, 1.165) is 18.8 Å². The van der Waals surface area contributed by atoms with Crippen LogP contribution in [0.25, 0.3) is 0 Å². The predicted molar refractivity (Wildman–Crippen MR) is 80.8 cm³/mol. The summed E-state index contributed by atoms with van der Waals surface area (Å²) in [6.07, 6.45) is 13.6. The van der Waals surface area contributed by atoms with Gasteiger partial charge in [-0.15, -0.1) is 0 Å². The van der Waals surface area contributed by atoms with Gasteiger partial charge in [0.15, 0.2) is 0 Å². The average Bonchev–Trinajstić information content (AvgIpc) is 2.82. The van der Waals surface area contributed by atoms with Crippen molar-refractivity contribution in [3.8, 4) is 5.95 Å². The van der Waals surface area contributed by atoms with Crippen molar-refractivity contribution in [3.63, 3.8) is 0 Å². The summed E-state index contributed by atoms with van der Waals surface area (Å²) in [7, 11) is 0. The monoisotopic (exact) mass is 266 g/mol. The highest BCUT2D eigenvalue weighted by Gasteiger charge is 1.98. The van der Waals surface area contributed by atoms with Crippen LogP contribution in [0.2, 0.25) is 0 Å². The van der Waals surface area contributed by atoms with E-state index in [9.17, 15) is 0 Å². The van der Waals surface area contributed by atoms with Crippen LogP contribution in [0.5, 0.6) is 5.95 Å². The van der Waals surface area contributed by atoms with Crippen LogP contribution in [-0.4, -0.2) is 6.61 Å². The van der Waals surface area contributed by atoms with Crippen LogP contribution in [0.3, 0.4) is 0 Å². The number of rotatable bonds is 12. The lowest BCUT2D eigenvalue weighted by Crippen LogP contribution is -1.96. The molecule has 0 bridgehead atoms. The van der Waals surface area contributed by atoms with Crippen molar-refractivity contribution in [1.29, 1.82) is 0 Å². The molecule has 2 nitrogen and oxygen atoms in total. The van der Waals surface area contributed by atoms with Crippen LogP contribution in [0, 0.1) is 6.92 Å². The smallest absolute Gasteiger partial charge is 0.284 e. The zero-order valence-electron chi connectivity index (χ0n) is 12.7. The van der Waals surface area contributed by atoms with E-state index >= 15 is 0 Å². The minimum Gasteiger partial charge on any atom is -0.465 e. The molecule has 2 heteroatoms. The first-order valence-electron chi connectivity index (χ1n) is 8.02. The van der Waals surface area contributed by atoms with Gasteiger partial charge in [-0.1, -0.05) is 64.7 Å². The molecule has 0 spiro atoms. The van der Waals surface area contributed by atoms with Crippen LogP contribution in [0.1, 0.15) is 76.9 Å². The molecule has 1 aromatic heterocycles. The van der Waals surface area contributed by atoms with Gasteiger partial charge in [0.25, 0.3) is 5.95 Å². The first-order valence-corrected chi connectivity index (χ1v) is 8.02. The van der Waals surface area contributed by atoms with Gasteiger partial charge in [0.2, 0.25) is 0 Å². The Morgan fingerprint density at radius 2 is 1.42 bits per heavy atom. The lowest BCUT2D eigenvalue weighted by molar-refractivity contribution is 0.232. The van der Waals surface area contributed by atoms with Gasteiger partial charge >= 0.3 is 0 Å². The maximum Gasteiger partial charge on any atom is 0.284 e. The molecule has 0 N–H and O–H groups in total. The summed E-state index contributed by atoms with van der Waals surface area (Å²) in [5.74, 6) is 1.58. The van der Waals surface area contributed by atoms with Crippen molar-refractivity contribution in [3.05, 3.63) is 17.9 Å². The Morgan fingerprint density at radius 3 is 1.95 bits per heavy atom. The third kappa shape index (κ3) is 8.74. The highest BCUT2D eigenvalue weighted by atomic mass is 16.6. The Balaban J connectivity index is 1.79. The lowest BCUT2D eigenvalue weighted by Gasteiger charge is -2.03. The molecule has 19 heavy (non-hydrogen) atoms. The van der Waals surface area contributed by atoms with Crippen LogP contribution in [-0.2, 0) is 0 Å². The second kappa shape index (κ2) is 11.0. The highest BCUT2D eigenvalue weighted by Crippen LogP contribution is 2.15. The Kier molecular flexibility index (Phi) is 9.30. The van der Waals surface area contributed by atoms with E-state index in [4.69, 9.17) is 9.15 Å². The number of hydrogen-bond acceptors (Lipinski definition) is 2. The summed E-state index contributed by atoms with van der Waals surface area (Å²) < 4.78 is 10.9. The van der Waals surface area contributed by atoms with Crippen LogP contribution in [0.4, 0.5) is 0 Å². The van der Waals surface area contributed by atoms with Gasteiger partial charge in [0.1, 0.15) is 5.76 Å². The van der Waals surface area contributed by atoms with Crippen molar-refractivity contribution in [2.75, 3.05) is 6.61 Å². The molecule has 0 unspecified atom stereocenters. The SMILES string of the molecule is CCCCCCCCCCCCOc1ccc(C)o1. The topological polar surface area (TPSA) is 22.4 Å². The summed E-state index contributed by atoms with van der Waals surface area (Å²) in [5, 5.41) is 0. The molecular formula is C17H30O2. The fraction of sp³-hybridized carbons (Fsp3) is 0.765. The van der Waals surface area contributed by atoms with Crippen molar-refractivity contribution < 1.29 is 9.15 Å². The minimum atomic E-state index is 0.661. The first kappa shape index (κ1) is 16.1. The van der Waals surface area contributed by atoms with Crippen LogP contribution in [0.15, 0.2) is 16.5 Å². The molecule has 0 aliphatic carbocycles. The zero-order valence-corrected chi connectivity index (χ0v) is 12.7. The van der Waals surface area contributed by atoms with Crippen LogP contribution < -0.4 is 4.74 Å². The molecule has 1 aromatic rings. The second-order valence-electron chi connectivity index (χ2n) is 5.40. The van der Waals surface area contributed by atoms with Gasteiger partial charge in [-0.05, 0) is 19.4 Å². The normalized spacial score (nSPS) is 10.8. The summed E-state index contributed by atoms with van der Waals surface area (Å²) in [6, 6.07) is 3.83. The molecule has 0 saturated carbocycles. The van der Waals surface area contributed by atoms with E-state index in [1.807, 2.05) is 19.1 Å². The number of aryl methyl sites for hydroxylation is 1. The largest absolute Gasteiger partial charge is 0.465 e. The van der Waals surface area contributed by atoms with Crippen molar-refractivity contribution in [2.45, 2.75) is 78.1 Å². The first-order chi connectivity index (χ1) is 9.33. The number of furan rings is 1. The molecule has 0 aliphatic heterocycles. The maximum absolute atomic E-state index is 5.53. The number of ether oxygens (including phenoxy) is 1. The Labute approximate surface area is 118 Å². The Morgan fingerprint density at radius 1 is 0.842 bits per heavy atom. The van der Waals surface area contributed by atoms with Crippen LogP contribution >= 0.6 is 0 Å². The third-order valence-electron chi connectivity index (χ3n) is 3.46. The fourth-order valence-electron chi connectivity index (χ4n) is 2.25. The van der Waals surface area contributed by atoms with E-state index in [2.05, 4.69) is 6.92 Å². The van der Waals surface area contributed by atoms with Gasteiger partial charge in [0, 0.05) is 6.07 Å². The molecule has 0 amide bonds. The van der Waals surface area contributed by atoms with Gasteiger partial charge in [0.05, 0.1) is 6.61 Å². The van der Waals surface area contributed by atoms with Gasteiger partial charge in [-0.3, -0.25) is 0 Å². The Hall–Kier alpha value is -0.920. The van der Waals surface area contributed by atoms with E-state index < -0.39 is 0 Å². The number of unbranched alkanes of at least 4 members (excludes halogenated alkanes) is 9.